The molecule has 0 fully saturated rings. The maximum atomic E-state index is 4.33. The largest absolute Gasteiger partial charge is 0.290 e. The standard InChI is InChI=1S/C11H15N/c1-9(2)12-8-11-7-5-4-6-10(11)3/h4-9H,1-3H3. The maximum Gasteiger partial charge on any atom is 0.0443 e. The van der Waals surface area contributed by atoms with Crippen molar-refractivity contribution >= 4 is 6.21 Å². The van der Waals surface area contributed by atoms with Crippen LogP contribution in [0.5, 0.6) is 0 Å². The van der Waals surface area contributed by atoms with E-state index in [0.29, 0.717) is 6.04 Å². The van der Waals surface area contributed by atoms with E-state index in [9.17, 15) is 0 Å². The van der Waals surface area contributed by atoms with E-state index in [0.717, 1.165) is 0 Å². The molecule has 12 heavy (non-hydrogen) atoms. The summed E-state index contributed by atoms with van der Waals surface area (Å²) < 4.78 is 0. The van der Waals surface area contributed by atoms with E-state index in [1.54, 1.807) is 0 Å². The lowest BCUT2D eigenvalue weighted by Crippen LogP contribution is -1.92. The Morgan fingerprint density at radius 3 is 2.50 bits per heavy atom. The molecule has 0 saturated heterocycles. The summed E-state index contributed by atoms with van der Waals surface area (Å²) in [6, 6.07) is 8.64. The van der Waals surface area contributed by atoms with E-state index < -0.39 is 0 Å². The number of hydrogen-bond acceptors (Lipinski definition) is 1. The van der Waals surface area contributed by atoms with Crippen molar-refractivity contribution in [2.75, 3.05) is 0 Å². The van der Waals surface area contributed by atoms with Gasteiger partial charge >= 0.3 is 0 Å². The van der Waals surface area contributed by atoms with E-state index in [1.165, 1.54) is 11.1 Å². The average molecular weight is 161 g/mol. The Bertz CT molecular complexity index is 274. The topological polar surface area (TPSA) is 12.4 Å². The van der Waals surface area contributed by atoms with Crippen molar-refractivity contribution in [1.82, 2.24) is 0 Å². The fourth-order valence-corrected chi connectivity index (χ4v) is 0.961. The van der Waals surface area contributed by atoms with Crippen molar-refractivity contribution in [3.05, 3.63) is 35.4 Å². The van der Waals surface area contributed by atoms with Crippen LogP contribution in [-0.4, -0.2) is 12.3 Å². The SMILES string of the molecule is Cc1ccccc1C=NC(C)C. The van der Waals surface area contributed by atoms with Gasteiger partial charge in [0.2, 0.25) is 0 Å². The van der Waals surface area contributed by atoms with Crippen LogP contribution in [0.25, 0.3) is 0 Å². The fourth-order valence-electron chi connectivity index (χ4n) is 0.961. The van der Waals surface area contributed by atoms with Crippen molar-refractivity contribution in [1.29, 1.82) is 0 Å². The molecule has 0 radical (unpaired) electrons. The van der Waals surface area contributed by atoms with Crippen LogP contribution in [0, 0.1) is 6.92 Å². The van der Waals surface area contributed by atoms with E-state index >= 15 is 0 Å². The van der Waals surface area contributed by atoms with Gasteiger partial charge in [-0.2, -0.15) is 0 Å². The van der Waals surface area contributed by atoms with Crippen molar-refractivity contribution < 1.29 is 0 Å². The maximum absolute atomic E-state index is 4.33. The highest BCUT2D eigenvalue weighted by Gasteiger charge is 1.91. The summed E-state index contributed by atoms with van der Waals surface area (Å²) in [7, 11) is 0. The van der Waals surface area contributed by atoms with E-state index in [4.69, 9.17) is 0 Å². The molecule has 0 unspecified atom stereocenters. The van der Waals surface area contributed by atoms with Crippen LogP contribution in [0.15, 0.2) is 29.3 Å². The molecule has 0 amide bonds. The lowest BCUT2D eigenvalue weighted by atomic mass is 10.1. The highest BCUT2D eigenvalue weighted by atomic mass is 14.7. The summed E-state index contributed by atoms with van der Waals surface area (Å²) in [6.07, 6.45) is 1.94. The molecule has 1 heteroatoms. The number of hydrogen-bond donors (Lipinski definition) is 0. The normalized spacial score (nSPS) is 11.3. The quantitative estimate of drug-likeness (QED) is 0.591. The first-order valence-corrected chi connectivity index (χ1v) is 4.29. The highest BCUT2D eigenvalue weighted by molar-refractivity contribution is 5.81. The van der Waals surface area contributed by atoms with Crippen LogP contribution in [-0.2, 0) is 0 Å². The molecule has 0 atom stereocenters. The Balaban J connectivity index is 2.82. The van der Waals surface area contributed by atoms with Gasteiger partial charge in [0, 0.05) is 12.3 Å². The predicted molar refractivity (Wildman–Crippen MR) is 53.9 cm³/mol. The molecule has 1 aromatic carbocycles. The molecule has 0 aromatic heterocycles. The van der Waals surface area contributed by atoms with Gasteiger partial charge in [0.1, 0.15) is 0 Å². The number of aryl methyl sites for hydroxylation is 1. The second kappa shape index (κ2) is 4.05. The summed E-state index contributed by atoms with van der Waals surface area (Å²) in [5.74, 6) is 0. The summed E-state index contributed by atoms with van der Waals surface area (Å²) in [5, 5.41) is 0. The second-order valence-corrected chi connectivity index (χ2v) is 3.23. The van der Waals surface area contributed by atoms with Gasteiger partial charge in [-0.05, 0) is 31.9 Å². The van der Waals surface area contributed by atoms with Gasteiger partial charge in [0.25, 0.3) is 0 Å². The van der Waals surface area contributed by atoms with Crippen molar-refractivity contribution in [2.24, 2.45) is 4.99 Å². The molecule has 0 aliphatic carbocycles. The second-order valence-electron chi connectivity index (χ2n) is 3.23. The molecular weight excluding hydrogens is 146 g/mol. The number of aliphatic imine (C=N–C) groups is 1. The first-order valence-electron chi connectivity index (χ1n) is 4.29. The first-order chi connectivity index (χ1) is 5.70. The molecule has 0 aliphatic heterocycles. The molecule has 0 saturated carbocycles. The Morgan fingerprint density at radius 1 is 1.25 bits per heavy atom. The van der Waals surface area contributed by atoms with Crippen LogP contribution >= 0.6 is 0 Å². The summed E-state index contributed by atoms with van der Waals surface area (Å²) in [5.41, 5.74) is 2.49. The van der Waals surface area contributed by atoms with Crippen molar-refractivity contribution in [3.63, 3.8) is 0 Å². The van der Waals surface area contributed by atoms with Crippen LogP contribution in [0.1, 0.15) is 25.0 Å². The number of rotatable bonds is 2. The minimum atomic E-state index is 0.379. The molecule has 64 valence electrons. The van der Waals surface area contributed by atoms with Crippen molar-refractivity contribution in [3.8, 4) is 0 Å². The minimum Gasteiger partial charge on any atom is -0.290 e. The van der Waals surface area contributed by atoms with Gasteiger partial charge < -0.3 is 0 Å². The van der Waals surface area contributed by atoms with Gasteiger partial charge in [-0.25, -0.2) is 0 Å². The lowest BCUT2D eigenvalue weighted by molar-refractivity contribution is 0.841. The van der Waals surface area contributed by atoms with Crippen LogP contribution in [0.2, 0.25) is 0 Å². The summed E-state index contributed by atoms with van der Waals surface area (Å²) in [6.45, 7) is 6.26. The highest BCUT2D eigenvalue weighted by Crippen LogP contribution is 2.03. The first kappa shape index (κ1) is 8.98. The Hall–Kier alpha value is -1.11. The van der Waals surface area contributed by atoms with E-state index in [1.807, 2.05) is 18.3 Å². The third-order valence-corrected chi connectivity index (χ3v) is 1.70. The molecule has 0 spiro atoms. The van der Waals surface area contributed by atoms with Crippen LogP contribution in [0.3, 0.4) is 0 Å². The Morgan fingerprint density at radius 2 is 1.92 bits per heavy atom. The zero-order chi connectivity index (χ0) is 8.97. The third-order valence-electron chi connectivity index (χ3n) is 1.70. The smallest absolute Gasteiger partial charge is 0.0443 e. The third kappa shape index (κ3) is 2.50. The molecule has 1 aromatic rings. The van der Waals surface area contributed by atoms with Gasteiger partial charge in [-0.15, -0.1) is 0 Å². The monoisotopic (exact) mass is 161 g/mol. The zero-order valence-electron chi connectivity index (χ0n) is 7.91. The summed E-state index contributed by atoms with van der Waals surface area (Å²) in [4.78, 5) is 4.33. The predicted octanol–water partition coefficient (Wildman–Crippen LogP) is 2.82. The van der Waals surface area contributed by atoms with Gasteiger partial charge in [0.05, 0.1) is 0 Å². The van der Waals surface area contributed by atoms with Gasteiger partial charge in [-0.3, -0.25) is 4.99 Å². The zero-order valence-corrected chi connectivity index (χ0v) is 7.91. The van der Waals surface area contributed by atoms with E-state index in [2.05, 4.69) is 37.9 Å². The Labute approximate surface area is 74.2 Å². The minimum absolute atomic E-state index is 0.379. The lowest BCUT2D eigenvalue weighted by Gasteiger charge is -1.99. The fraction of sp³-hybridized carbons (Fsp3) is 0.364. The number of nitrogens with zero attached hydrogens (tertiary/aromatic N) is 1. The van der Waals surface area contributed by atoms with E-state index in [-0.39, 0.29) is 0 Å². The molecule has 0 heterocycles. The molecular formula is C11H15N. The molecule has 1 nitrogen and oxygen atoms in total. The number of benzene rings is 1. The van der Waals surface area contributed by atoms with Gasteiger partial charge in [0.15, 0.2) is 0 Å². The van der Waals surface area contributed by atoms with Crippen LogP contribution in [0.4, 0.5) is 0 Å². The molecule has 0 N–H and O–H groups in total. The summed E-state index contributed by atoms with van der Waals surface area (Å²) >= 11 is 0. The molecule has 1 rings (SSSR count). The van der Waals surface area contributed by atoms with Crippen molar-refractivity contribution in [2.45, 2.75) is 26.8 Å². The Kier molecular flexibility index (Phi) is 3.03. The average Bonchev–Trinajstić information content (AvgIpc) is 2.03. The molecule has 0 bridgehead atoms. The van der Waals surface area contributed by atoms with Crippen LogP contribution < -0.4 is 0 Å². The van der Waals surface area contributed by atoms with Gasteiger partial charge in [-0.1, -0.05) is 24.3 Å². The molecule has 0 aliphatic rings.